The van der Waals surface area contributed by atoms with Crippen LogP contribution in [0.3, 0.4) is 0 Å². The number of benzene rings is 1. The Labute approximate surface area is 122 Å². The van der Waals surface area contributed by atoms with Crippen LogP contribution in [-0.4, -0.2) is 21.4 Å². The van der Waals surface area contributed by atoms with Gasteiger partial charge in [0.25, 0.3) is 0 Å². The van der Waals surface area contributed by atoms with Crippen molar-refractivity contribution in [2.75, 3.05) is 0 Å². The first kappa shape index (κ1) is 14.1. The normalized spacial score (nSPS) is 11.6. The second-order valence-corrected chi connectivity index (χ2v) is 4.47. The van der Waals surface area contributed by atoms with Crippen LogP contribution in [0.15, 0.2) is 48.7 Å². The molecule has 0 saturated carbocycles. The molecule has 0 fully saturated rings. The van der Waals surface area contributed by atoms with E-state index in [2.05, 4.69) is 14.7 Å². The molecule has 0 aliphatic carbocycles. The highest BCUT2D eigenvalue weighted by Crippen LogP contribution is 2.35. The molecular weight excluding hydrogens is 297 g/mol. The van der Waals surface area contributed by atoms with Crippen LogP contribution >= 0.6 is 0 Å². The summed E-state index contributed by atoms with van der Waals surface area (Å²) in [5.41, 5.74) is 2.14. The number of hydrogen-bond acceptors (Lipinski definition) is 4. The molecule has 1 N–H and O–H groups in total. The molecule has 3 rings (SSSR count). The van der Waals surface area contributed by atoms with Crippen molar-refractivity contribution in [3.8, 4) is 22.8 Å². The minimum absolute atomic E-state index is 0.391. The zero-order valence-corrected chi connectivity index (χ0v) is 11.0. The standard InChI is InChI=1S/C15H9F3N2O2/c16-15(17,18)22-14-8-9(3-6-13(14)21)10-4-5-11-12(20-10)2-1-7-19-11/h1-8,21H. The van der Waals surface area contributed by atoms with Crippen molar-refractivity contribution in [2.45, 2.75) is 6.36 Å². The van der Waals surface area contributed by atoms with Gasteiger partial charge in [-0.25, -0.2) is 4.98 Å². The van der Waals surface area contributed by atoms with Crippen molar-refractivity contribution >= 4 is 11.0 Å². The van der Waals surface area contributed by atoms with E-state index in [0.717, 1.165) is 12.1 Å². The first-order valence-corrected chi connectivity index (χ1v) is 6.23. The van der Waals surface area contributed by atoms with Crippen LogP contribution in [0.2, 0.25) is 0 Å². The Hall–Kier alpha value is -2.83. The molecule has 0 spiro atoms. The molecule has 0 aliphatic rings. The lowest BCUT2D eigenvalue weighted by molar-refractivity contribution is -0.275. The van der Waals surface area contributed by atoms with Gasteiger partial charge in [0.2, 0.25) is 0 Å². The number of pyridine rings is 2. The predicted octanol–water partition coefficient (Wildman–Crippen LogP) is 3.90. The molecule has 1 aromatic carbocycles. The van der Waals surface area contributed by atoms with E-state index in [4.69, 9.17) is 0 Å². The minimum atomic E-state index is -4.88. The van der Waals surface area contributed by atoms with E-state index in [-0.39, 0.29) is 0 Å². The number of phenolic OH excluding ortho intramolecular Hbond substituents is 1. The molecule has 0 unspecified atom stereocenters. The minimum Gasteiger partial charge on any atom is -0.504 e. The lowest BCUT2D eigenvalue weighted by Crippen LogP contribution is -2.17. The molecule has 0 bridgehead atoms. The Morgan fingerprint density at radius 2 is 1.82 bits per heavy atom. The lowest BCUT2D eigenvalue weighted by atomic mass is 10.1. The van der Waals surface area contributed by atoms with Gasteiger partial charge < -0.3 is 9.84 Å². The van der Waals surface area contributed by atoms with Crippen LogP contribution in [0.1, 0.15) is 0 Å². The van der Waals surface area contributed by atoms with Gasteiger partial charge in [-0.2, -0.15) is 0 Å². The van der Waals surface area contributed by atoms with Crippen LogP contribution in [0.5, 0.6) is 11.5 Å². The monoisotopic (exact) mass is 306 g/mol. The highest BCUT2D eigenvalue weighted by atomic mass is 19.4. The SMILES string of the molecule is Oc1ccc(-c2ccc3ncccc3n2)cc1OC(F)(F)F. The summed E-state index contributed by atoms with van der Waals surface area (Å²) in [6.07, 6.45) is -3.25. The van der Waals surface area contributed by atoms with E-state index in [1.54, 1.807) is 30.5 Å². The Morgan fingerprint density at radius 1 is 1.00 bits per heavy atom. The van der Waals surface area contributed by atoms with Gasteiger partial charge in [0.1, 0.15) is 0 Å². The topological polar surface area (TPSA) is 55.2 Å². The van der Waals surface area contributed by atoms with E-state index in [1.165, 1.54) is 6.07 Å². The smallest absolute Gasteiger partial charge is 0.504 e. The Bertz CT molecular complexity index is 834. The highest BCUT2D eigenvalue weighted by Gasteiger charge is 2.32. The van der Waals surface area contributed by atoms with Gasteiger partial charge in [0.05, 0.1) is 16.7 Å². The predicted molar refractivity (Wildman–Crippen MR) is 73.3 cm³/mol. The Balaban J connectivity index is 2.04. The summed E-state index contributed by atoms with van der Waals surface area (Å²) in [5, 5.41) is 9.46. The number of aromatic nitrogens is 2. The molecule has 0 saturated heterocycles. The summed E-state index contributed by atoms with van der Waals surface area (Å²) < 4.78 is 40.7. The Kier molecular flexibility index (Phi) is 3.32. The van der Waals surface area contributed by atoms with Gasteiger partial charge >= 0.3 is 6.36 Å². The summed E-state index contributed by atoms with van der Waals surface area (Å²) in [7, 11) is 0. The van der Waals surface area contributed by atoms with Crippen molar-refractivity contribution in [3.63, 3.8) is 0 Å². The number of ether oxygens (including phenoxy) is 1. The fourth-order valence-corrected chi connectivity index (χ4v) is 2.00. The zero-order chi connectivity index (χ0) is 15.7. The van der Waals surface area contributed by atoms with E-state index in [9.17, 15) is 18.3 Å². The van der Waals surface area contributed by atoms with Gasteiger partial charge in [-0.05, 0) is 42.5 Å². The number of rotatable bonds is 2. The second-order valence-electron chi connectivity index (χ2n) is 4.47. The van der Waals surface area contributed by atoms with Crippen molar-refractivity contribution in [3.05, 3.63) is 48.7 Å². The van der Waals surface area contributed by atoms with E-state index in [0.29, 0.717) is 22.3 Å². The summed E-state index contributed by atoms with van der Waals surface area (Å²) in [4.78, 5) is 8.45. The highest BCUT2D eigenvalue weighted by molar-refractivity contribution is 5.78. The van der Waals surface area contributed by atoms with Crippen molar-refractivity contribution in [2.24, 2.45) is 0 Å². The summed E-state index contributed by atoms with van der Waals surface area (Å²) in [6, 6.07) is 10.5. The van der Waals surface area contributed by atoms with Gasteiger partial charge in [0, 0.05) is 11.8 Å². The molecule has 22 heavy (non-hydrogen) atoms. The van der Waals surface area contributed by atoms with E-state index in [1.807, 2.05) is 0 Å². The zero-order valence-electron chi connectivity index (χ0n) is 11.0. The second kappa shape index (κ2) is 5.18. The van der Waals surface area contributed by atoms with Gasteiger partial charge in [-0.15, -0.1) is 13.2 Å². The number of fused-ring (bicyclic) bond motifs is 1. The molecule has 3 aromatic rings. The molecule has 0 amide bonds. The summed E-state index contributed by atoms with van der Waals surface area (Å²) in [5.74, 6) is -1.26. The third kappa shape index (κ3) is 2.93. The molecule has 0 aliphatic heterocycles. The fourth-order valence-electron chi connectivity index (χ4n) is 2.00. The van der Waals surface area contributed by atoms with Crippen molar-refractivity contribution in [1.82, 2.24) is 9.97 Å². The molecular formula is C15H9F3N2O2. The van der Waals surface area contributed by atoms with Crippen LogP contribution in [0.25, 0.3) is 22.3 Å². The van der Waals surface area contributed by atoms with Gasteiger partial charge in [0.15, 0.2) is 11.5 Å². The first-order chi connectivity index (χ1) is 10.4. The molecule has 0 atom stereocenters. The third-order valence-electron chi connectivity index (χ3n) is 2.94. The molecule has 0 radical (unpaired) electrons. The number of phenols is 1. The lowest BCUT2D eigenvalue weighted by Gasteiger charge is -2.11. The average Bonchev–Trinajstić information content (AvgIpc) is 2.48. The van der Waals surface area contributed by atoms with Crippen LogP contribution in [0.4, 0.5) is 13.2 Å². The number of nitrogens with zero attached hydrogens (tertiary/aromatic N) is 2. The van der Waals surface area contributed by atoms with Gasteiger partial charge in [-0.3, -0.25) is 4.98 Å². The fraction of sp³-hybridized carbons (Fsp3) is 0.0667. The van der Waals surface area contributed by atoms with Gasteiger partial charge in [-0.1, -0.05) is 0 Å². The van der Waals surface area contributed by atoms with Crippen LogP contribution in [-0.2, 0) is 0 Å². The van der Waals surface area contributed by atoms with Crippen LogP contribution < -0.4 is 4.74 Å². The molecule has 2 heterocycles. The number of alkyl halides is 3. The number of halogens is 3. The quantitative estimate of drug-likeness (QED) is 0.780. The average molecular weight is 306 g/mol. The van der Waals surface area contributed by atoms with Crippen molar-refractivity contribution in [1.29, 1.82) is 0 Å². The van der Waals surface area contributed by atoms with E-state index >= 15 is 0 Å². The summed E-state index contributed by atoms with van der Waals surface area (Å²) >= 11 is 0. The van der Waals surface area contributed by atoms with Crippen molar-refractivity contribution < 1.29 is 23.0 Å². The number of hydrogen-bond donors (Lipinski definition) is 1. The largest absolute Gasteiger partial charge is 0.573 e. The first-order valence-electron chi connectivity index (χ1n) is 6.23. The maximum absolute atomic E-state index is 12.3. The maximum Gasteiger partial charge on any atom is 0.573 e. The molecule has 4 nitrogen and oxygen atoms in total. The van der Waals surface area contributed by atoms with E-state index < -0.39 is 17.9 Å². The molecule has 112 valence electrons. The molecule has 7 heteroatoms. The Morgan fingerprint density at radius 3 is 2.59 bits per heavy atom. The number of aromatic hydroxyl groups is 1. The molecule has 2 aromatic heterocycles. The maximum atomic E-state index is 12.3. The summed E-state index contributed by atoms with van der Waals surface area (Å²) in [6.45, 7) is 0. The third-order valence-corrected chi connectivity index (χ3v) is 2.94. The van der Waals surface area contributed by atoms with Crippen LogP contribution in [0, 0.1) is 0 Å².